The van der Waals surface area contributed by atoms with Crippen molar-refractivity contribution in [3.63, 3.8) is 0 Å². The van der Waals surface area contributed by atoms with Gasteiger partial charge in [0.15, 0.2) is 6.61 Å². The molecular weight excluding hydrogens is 548 g/mol. The van der Waals surface area contributed by atoms with Crippen molar-refractivity contribution >= 4 is 41.0 Å². The van der Waals surface area contributed by atoms with Crippen molar-refractivity contribution in [3.8, 4) is 0 Å². The van der Waals surface area contributed by atoms with Crippen molar-refractivity contribution in [1.82, 2.24) is 0 Å². The fourth-order valence-corrected chi connectivity index (χ4v) is 5.64. The number of anilines is 2. The largest absolute Gasteiger partial charge is 0.462 e. The minimum Gasteiger partial charge on any atom is -0.462 e. The van der Waals surface area contributed by atoms with E-state index in [1.165, 1.54) is 34.7 Å². The fraction of sp³-hybridized carbons (Fsp3) is 0.324. The Bertz CT molecular complexity index is 1500. The van der Waals surface area contributed by atoms with Gasteiger partial charge in [0.1, 0.15) is 0 Å². The number of benzene rings is 3. The second-order valence-electron chi connectivity index (χ2n) is 11.4. The third-order valence-corrected chi connectivity index (χ3v) is 7.84. The van der Waals surface area contributed by atoms with E-state index in [0.29, 0.717) is 36.4 Å². The zero-order chi connectivity index (χ0) is 30.5. The normalized spacial score (nSPS) is 19.6. The Morgan fingerprint density at radius 2 is 1.40 bits per heavy atom. The minimum absolute atomic E-state index is 0.182. The number of nitrogens with one attached hydrogen (secondary N) is 1. The van der Waals surface area contributed by atoms with Crippen LogP contribution in [0.15, 0.2) is 78.9 Å². The van der Waals surface area contributed by atoms with Gasteiger partial charge in [0.25, 0.3) is 5.91 Å². The van der Waals surface area contributed by atoms with Gasteiger partial charge < -0.3 is 14.8 Å². The maximum Gasteiger partial charge on any atom is 0.338 e. The van der Waals surface area contributed by atoms with E-state index in [9.17, 15) is 24.0 Å². The first-order valence-corrected chi connectivity index (χ1v) is 14.5. The van der Waals surface area contributed by atoms with E-state index in [2.05, 4.69) is 17.4 Å². The number of carbonyl (C=O) groups is 5. The molecule has 43 heavy (non-hydrogen) atoms. The third-order valence-electron chi connectivity index (χ3n) is 7.84. The number of hydrogen-bond donors (Lipinski definition) is 1. The standard InChI is InChI=1S/C34H34N2O7/c1-21(2)19-42-33(40)23-8-13-26(14-9-23)35-30(37)20-43-34(41)24-10-15-27(16-11-24)36-31(38)28-17-12-25(18-29(28)32(36)39)22-6-4-3-5-7-22/h3-11,13-16,21,25,28-29H,12,17-20H2,1-2H3,(H,35,37)/t25-,28+,29-/m0/s1. The number of hydrogen-bond acceptors (Lipinski definition) is 7. The van der Waals surface area contributed by atoms with Gasteiger partial charge in [-0.2, -0.15) is 0 Å². The number of nitrogens with zero attached hydrogens (tertiary/aromatic N) is 1. The molecule has 2 aliphatic rings. The van der Waals surface area contributed by atoms with Crippen molar-refractivity contribution in [2.45, 2.75) is 39.0 Å². The monoisotopic (exact) mass is 582 g/mol. The quantitative estimate of drug-likeness (QED) is 0.266. The van der Waals surface area contributed by atoms with E-state index in [-0.39, 0.29) is 41.0 Å². The maximum atomic E-state index is 13.3. The molecule has 3 atom stereocenters. The molecule has 9 nitrogen and oxygen atoms in total. The van der Waals surface area contributed by atoms with Crippen molar-refractivity contribution in [3.05, 3.63) is 95.6 Å². The van der Waals surface area contributed by atoms with Crippen molar-refractivity contribution in [2.24, 2.45) is 17.8 Å². The number of imide groups is 1. The Hall–Kier alpha value is -4.79. The predicted molar refractivity (Wildman–Crippen MR) is 159 cm³/mol. The summed E-state index contributed by atoms with van der Waals surface area (Å²) in [5.41, 5.74) is 2.57. The highest BCUT2D eigenvalue weighted by molar-refractivity contribution is 6.22. The number of ether oxygens (including phenoxy) is 2. The molecule has 2 fully saturated rings. The van der Waals surface area contributed by atoms with E-state index in [1.807, 2.05) is 32.0 Å². The number of amides is 3. The summed E-state index contributed by atoms with van der Waals surface area (Å²) in [7, 11) is 0. The highest BCUT2D eigenvalue weighted by Gasteiger charge is 2.50. The summed E-state index contributed by atoms with van der Waals surface area (Å²) >= 11 is 0. The van der Waals surface area contributed by atoms with Crippen molar-refractivity contribution in [2.75, 3.05) is 23.4 Å². The van der Waals surface area contributed by atoms with Gasteiger partial charge in [0.2, 0.25) is 11.8 Å². The summed E-state index contributed by atoms with van der Waals surface area (Å²) in [6, 6.07) is 22.3. The summed E-state index contributed by atoms with van der Waals surface area (Å²) < 4.78 is 10.3. The van der Waals surface area contributed by atoms with Gasteiger partial charge in [-0.05, 0) is 85.2 Å². The molecule has 1 aliphatic carbocycles. The lowest BCUT2D eigenvalue weighted by Gasteiger charge is -2.28. The molecule has 3 aromatic carbocycles. The average molecular weight is 583 g/mol. The predicted octanol–water partition coefficient (Wildman–Crippen LogP) is 5.37. The van der Waals surface area contributed by atoms with Crippen LogP contribution in [-0.4, -0.2) is 42.9 Å². The first-order chi connectivity index (χ1) is 20.7. The molecule has 0 unspecified atom stereocenters. The summed E-state index contributed by atoms with van der Waals surface area (Å²) in [5, 5.41) is 2.61. The number of fused-ring (bicyclic) bond motifs is 1. The van der Waals surface area contributed by atoms with Crippen LogP contribution in [0.25, 0.3) is 0 Å². The summed E-state index contributed by atoms with van der Waals surface area (Å²) in [4.78, 5) is 64.7. The molecular formula is C34H34N2O7. The highest BCUT2D eigenvalue weighted by Crippen LogP contribution is 2.45. The highest BCUT2D eigenvalue weighted by atomic mass is 16.5. The Labute approximate surface area is 250 Å². The first-order valence-electron chi connectivity index (χ1n) is 14.5. The van der Waals surface area contributed by atoms with Crippen LogP contribution >= 0.6 is 0 Å². The molecule has 1 heterocycles. The van der Waals surface area contributed by atoms with Gasteiger partial charge >= 0.3 is 11.9 Å². The molecule has 0 radical (unpaired) electrons. The lowest BCUT2D eigenvalue weighted by molar-refractivity contribution is -0.122. The van der Waals surface area contributed by atoms with E-state index in [0.717, 1.165) is 6.42 Å². The molecule has 0 spiro atoms. The molecule has 1 N–H and O–H groups in total. The minimum atomic E-state index is -0.719. The van der Waals surface area contributed by atoms with Crippen LogP contribution in [0.3, 0.4) is 0 Å². The molecule has 3 amide bonds. The molecule has 1 saturated carbocycles. The number of carbonyl (C=O) groups excluding carboxylic acids is 5. The average Bonchev–Trinajstić information content (AvgIpc) is 3.28. The lowest BCUT2D eigenvalue weighted by atomic mass is 9.73. The second kappa shape index (κ2) is 13.0. The van der Waals surface area contributed by atoms with Crippen LogP contribution in [-0.2, 0) is 23.9 Å². The van der Waals surface area contributed by atoms with Gasteiger partial charge in [-0.15, -0.1) is 0 Å². The lowest BCUT2D eigenvalue weighted by Crippen LogP contribution is -2.30. The van der Waals surface area contributed by atoms with Gasteiger partial charge in [-0.3, -0.25) is 19.3 Å². The van der Waals surface area contributed by atoms with E-state index in [1.54, 1.807) is 24.3 Å². The summed E-state index contributed by atoms with van der Waals surface area (Å²) in [5.74, 6) is -2.34. The van der Waals surface area contributed by atoms with Crippen LogP contribution in [0.1, 0.15) is 65.3 Å². The molecule has 0 bridgehead atoms. The fourth-order valence-electron chi connectivity index (χ4n) is 5.64. The maximum absolute atomic E-state index is 13.3. The molecule has 5 rings (SSSR count). The summed E-state index contributed by atoms with van der Waals surface area (Å²) in [6.45, 7) is 3.68. The third kappa shape index (κ3) is 6.83. The molecule has 1 saturated heterocycles. The van der Waals surface area contributed by atoms with Gasteiger partial charge in [-0.25, -0.2) is 9.59 Å². The topological polar surface area (TPSA) is 119 Å². The Morgan fingerprint density at radius 1 is 0.791 bits per heavy atom. The van der Waals surface area contributed by atoms with Crippen molar-refractivity contribution < 1.29 is 33.4 Å². The van der Waals surface area contributed by atoms with Gasteiger partial charge in [-0.1, -0.05) is 44.2 Å². The van der Waals surface area contributed by atoms with E-state index < -0.39 is 24.5 Å². The Balaban J connectivity index is 1.13. The number of rotatable bonds is 9. The first kappa shape index (κ1) is 29.7. The van der Waals surface area contributed by atoms with Gasteiger partial charge in [0.05, 0.1) is 35.3 Å². The smallest absolute Gasteiger partial charge is 0.338 e. The van der Waals surface area contributed by atoms with E-state index in [4.69, 9.17) is 9.47 Å². The Morgan fingerprint density at radius 3 is 2.05 bits per heavy atom. The zero-order valence-electron chi connectivity index (χ0n) is 24.2. The zero-order valence-corrected chi connectivity index (χ0v) is 24.2. The van der Waals surface area contributed by atoms with Crippen molar-refractivity contribution in [1.29, 1.82) is 0 Å². The number of esters is 2. The van der Waals surface area contributed by atoms with Crippen LogP contribution < -0.4 is 10.2 Å². The second-order valence-corrected chi connectivity index (χ2v) is 11.4. The van der Waals surface area contributed by atoms with Crippen LogP contribution in [0.2, 0.25) is 0 Å². The van der Waals surface area contributed by atoms with Crippen LogP contribution in [0, 0.1) is 17.8 Å². The van der Waals surface area contributed by atoms with Crippen LogP contribution in [0.5, 0.6) is 0 Å². The Kier molecular flexibility index (Phi) is 8.99. The van der Waals surface area contributed by atoms with Crippen LogP contribution in [0.4, 0.5) is 11.4 Å². The van der Waals surface area contributed by atoms with Gasteiger partial charge in [0, 0.05) is 5.69 Å². The molecule has 1 aliphatic heterocycles. The molecule has 222 valence electrons. The van der Waals surface area contributed by atoms with E-state index >= 15 is 0 Å². The summed E-state index contributed by atoms with van der Waals surface area (Å²) in [6.07, 6.45) is 2.15. The molecule has 9 heteroatoms. The molecule has 3 aromatic rings. The SMILES string of the molecule is CC(C)COC(=O)c1ccc(NC(=O)COC(=O)c2ccc(N3C(=O)[C@H]4C[C@@H](c5ccccc5)CC[C@H]4C3=O)cc2)cc1. The molecule has 0 aromatic heterocycles.